The Bertz CT molecular complexity index is 1510. The Morgan fingerprint density at radius 1 is 1.08 bits per heavy atom. The number of nitrogens with one attached hydrogen (secondary N) is 2. The number of oxazole rings is 1. The summed E-state index contributed by atoms with van der Waals surface area (Å²) in [7, 11) is 0. The number of rotatable bonds is 6. The van der Waals surface area contributed by atoms with Crippen molar-refractivity contribution in [3.05, 3.63) is 81.9 Å². The van der Waals surface area contributed by atoms with Crippen molar-refractivity contribution < 1.29 is 14.1 Å². The minimum atomic E-state index is -0.531. The van der Waals surface area contributed by atoms with Crippen molar-refractivity contribution in [3.63, 3.8) is 0 Å². The fraction of sp³-hybridized carbons (Fsp3) is 0.250. The fourth-order valence-corrected chi connectivity index (χ4v) is 4.77. The highest BCUT2D eigenvalue weighted by molar-refractivity contribution is 7.80. The fourth-order valence-electron chi connectivity index (χ4n) is 4.56. The van der Waals surface area contributed by atoms with Crippen LogP contribution >= 0.6 is 12.2 Å². The lowest BCUT2D eigenvalue weighted by Crippen LogP contribution is -2.34. The van der Waals surface area contributed by atoms with Gasteiger partial charge in [0.05, 0.1) is 4.92 Å². The molecule has 0 aliphatic carbocycles. The molecule has 0 saturated carbocycles. The van der Waals surface area contributed by atoms with Gasteiger partial charge in [-0.3, -0.25) is 20.2 Å². The van der Waals surface area contributed by atoms with Gasteiger partial charge in [0.2, 0.25) is 5.89 Å². The molecule has 0 atom stereocenters. The number of hydrogen-bond donors (Lipinski definition) is 2. The number of nitrogens with zero attached hydrogens (tertiary/aromatic N) is 3. The molecule has 9 nitrogen and oxygen atoms in total. The number of anilines is 2. The summed E-state index contributed by atoms with van der Waals surface area (Å²) in [6, 6.07) is 17.9. The van der Waals surface area contributed by atoms with E-state index in [1.807, 2.05) is 29.2 Å². The highest BCUT2D eigenvalue weighted by Crippen LogP contribution is 2.31. The van der Waals surface area contributed by atoms with Crippen LogP contribution in [0.3, 0.4) is 0 Å². The van der Waals surface area contributed by atoms with Gasteiger partial charge in [0, 0.05) is 36.0 Å². The average molecular weight is 530 g/mol. The van der Waals surface area contributed by atoms with Gasteiger partial charge in [-0.2, -0.15) is 0 Å². The maximum atomic E-state index is 12.8. The van der Waals surface area contributed by atoms with Crippen molar-refractivity contribution in [1.29, 1.82) is 0 Å². The number of aryl methyl sites for hydroxylation is 1. The zero-order chi connectivity index (χ0) is 26.6. The molecule has 0 radical (unpaired) electrons. The van der Waals surface area contributed by atoms with Gasteiger partial charge >= 0.3 is 0 Å². The summed E-state index contributed by atoms with van der Waals surface area (Å²) in [6.45, 7) is 3.64. The minimum absolute atomic E-state index is 0.0657. The molecule has 0 spiro atoms. The molecule has 4 aromatic rings. The topological polar surface area (TPSA) is 114 Å². The van der Waals surface area contributed by atoms with E-state index in [1.165, 1.54) is 11.6 Å². The van der Waals surface area contributed by atoms with Crippen molar-refractivity contribution >= 4 is 51.4 Å². The van der Waals surface area contributed by atoms with Gasteiger partial charge in [-0.25, -0.2) is 4.98 Å². The van der Waals surface area contributed by atoms with Crippen LogP contribution in [0.15, 0.2) is 65.1 Å². The lowest BCUT2D eigenvalue weighted by atomic mass is 10.1. The number of thiocarbonyl (C=S) groups is 1. The smallest absolute Gasteiger partial charge is 0.293 e. The Kier molecular flexibility index (Phi) is 7.32. The van der Waals surface area contributed by atoms with E-state index in [2.05, 4.69) is 22.5 Å². The Morgan fingerprint density at radius 2 is 1.84 bits per heavy atom. The number of amides is 1. The molecule has 1 aliphatic rings. The average Bonchev–Trinajstić information content (AvgIpc) is 3.36. The molecule has 3 aromatic carbocycles. The standard InChI is InChI=1S/C28H27N5O4S/c1-2-18-6-8-19(9-7-18)27-30-22-17-21(11-13-25(22)37-27)29-28(38)31-26(34)20-10-12-23(24(16-20)33(35)36)32-14-4-3-5-15-32/h6-13,16-17H,2-5,14-15H2,1H3,(H2,29,31,34,38). The highest BCUT2D eigenvalue weighted by atomic mass is 32.1. The van der Waals surface area contributed by atoms with Crippen LogP contribution in [0.2, 0.25) is 0 Å². The van der Waals surface area contributed by atoms with Crippen molar-refractivity contribution in [1.82, 2.24) is 10.3 Å². The molecule has 194 valence electrons. The first-order chi connectivity index (χ1) is 18.4. The van der Waals surface area contributed by atoms with E-state index in [0.717, 1.165) is 44.3 Å². The van der Waals surface area contributed by atoms with E-state index in [4.69, 9.17) is 16.6 Å². The summed E-state index contributed by atoms with van der Waals surface area (Å²) in [6.07, 6.45) is 4.06. The van der Waals surface area contributed by atoms with E-state index in [1.54, 1.807) is 30.3 Å². The number of benzene rings is 3. The van der Waals surface area contributed by atoms with E-state index in [0.29, 0.717) is 28.4 Å². The monoisotopic (exact) mass is 529 g/mol. The molecule has 1 saturated heterocycles. The van der Waals surface area contributed by atoms with Crippen molar-refractivity contribution in [2.75, 3.05) is 23.3 Å². The summed E-state index contributed by atoms with van der Waals surface area (Å²) in [5, 5.41) is 17.4. The number of aromatic nitrogens is 1. The molecule has 38 heavy (non-hydrogen) atoms. The number of fused-ring (bicyclic) bond motifs is 1. The van der Waals surface area contributed by atoms with Gasteiger partial charge in [-0.05, 0) is 85.9 Å². The number of carbonyl (C=O) groups is 1. The second kappa shape index (κ2) is 11.0. The molecule has 1 fully saturated rings. The number of hydrogen-bond acceptors (Lipinski definition) is 7. The zero-order valence-corrected chi connectivity index (χ0v) is 21.7. The van der Waals surface area contributed by atoms with Crippen molar-refractivity contribution in [2.24, 2.45) is 0 Å². The SMILES string of the molecule is CCc1ccc(-c2nc3cc(NC(=S)NC(=O)c4ccc(N5CCCCC5)c([N+](=O)[O-])c4)ccc3o2)cc1. The number of piperidine rings is 1. The second-order valence-electron chi connectivity index (χ2n) is 9.17. The normalized spacial score (nSPS) is 13.3. The van der Waals surface area contributed by atoms with Gasteiger partial charge < -0.3 is 14.6 Å². The summed E-state index contributed by atoms with van der Waals surface area (Å²) in [5.74, 6) is -0.0126. The maximum absolute atomic E-state index is 12.8. The highest BCUT2D eigenvalue weighted by Gasteiger charge is 2.23. The van der Waals surface area contributed by atoms with E-state index in [9.17, 15) is 14.9 Å². The van der Waals surface area contributed by atoms with E-state index < -0.39 is 10.8 Å². The van der Waals surface area contributed by atoms with Gasteiger partial charge in [0.25, 0.3) is 11.6 Å². The Balaban J connectivity index is 1.27. The molecule has 0 bridgehead atoms. The van der Waals surface area contributed by atoms with Crippen LogP contribution in [0.4, 0.5) is 17.1 Å². The summed E-state index contributed by atoms with van der Waals surface area (Å²) in [4.78, 5) is 30.7. The van der Waals surface area contributed by atoms with Crippen LogP contribution in [-0.4, -0.2) is 34.0 Å². The van der Waals surface area contributed by atoms with Crippen molar-refractivity contribution in [3.8, 4) is 11.5 Å². The minimum Gasteiger partial charge on any atom is -0.436 e. The molecule has 1 aromatic heterocycles. The Morgan fingerprint density at radius 3 is 2.55 bits per heavy atom. The van der Waals surface area contributed by atoms with E-state index >= 15 is 0 Å². The quantitative estimate of drug-likeness (QED) is 0.175. The van der Waals surface area contributed by atoms with Crippen molar-refractivity contribution in [2.45, 2.75) is 32.6 Å². The first-order valence-electron chi connectivity index (χ1n) is 12.6. The third kappa shape index (κ3) is 5.50. The van der Waals surface area contributed by atoms with Gasteiger partial charge in [0.1, 0.15) is 11.2 Å². The Hall–Kier alpha value is -4.31. The number of nitro groups is 1. The molecular weight excluding hydrogens is 502 g/mol. The summed E-state index contributed by atoms with van der Waals surface area (Å²) < 4.78 is 5.89. The lowest BCUT2D eigenvalue weighted by Gasteiger charge is -2.28. The summed E-state index contributed by atoms with van der Waals surface area (Å²) in [5.41, 5.74) is 4.62. The molecule has 10 heteroatoms. The van der Waals surface area contributed by atoms with Crippen LogP contribution in [0.5, 0.6) is 0 Å². The number of nitro benzene ring substituents is 1. The Labute approximate surface area is 225 Å². The zero-order valence-electron chi connectivity index (χ0n) is 20.9. The third-order valence-corrected chi connectivity index (χ3v) is 6.82. The molecule has 2 N–H and O–H groups in total. The van der Waals surface area contributed by atoms with Gasteiger partial charge in [-0.15, -0.1) is 0 Å². The third-order valence-electron chi connectivity index (χ3n) is 6.61. The first kappa shape index (κ1) is 25.3. The molecule has 0 unspecified atom stereocenters. The van der Waals surface area contributed by atoms with Crippen LogP contribution in [0.1, 0.15) is 42.1 Å². The molecule has 1 aliphatic heterocycles. The van der Waals surface area contributed by atoms with Crippen LogP contribution in [-0.2, 0) is 6.42 Å². The second-order valence-corrected chi connectivity index (χ2v) is 9.58. The lowest BCUT2D eigenvalue weighted by molar-refractivity contribution is -0.384. The molecule has 2 heterocycles. The van der Waals surface area contributed by atoms with Crippen LogP contribution in [0, 0.1) is 10.1 Å². The van der Waals surface area contributed by atoms with Crippen LogP contribution < -0.4 is 15.5 Å². The first-order valence-corrected chi connectivity index (χ1v) is 13.0. The predicted octanol–water partition coefficient (Wildman–Crippen LogP) is 6.08. The maximum Gasteiger partial charge on any atom is 0.293 e. The number of carbonyl (C=O) groups excluding carboxylic acids is 1. The van der Waals surface area contributed by atoms with Crippen LogP contribution in [0.25, 0.3) is 22.6 Å². The summed E-state index contributed by atoms with van der Waals surface area (Å²) >= 11 is 5.32. The van der Waals surface area contributed by atoms with Gasteiger partial charge in [0.15, 0.2) is 10.7 Å². The molecular formula is C28H27N5O4S. The predicted molar refractivity (Wildman–Crippen MR) is 152 cm³/mol. The van der Waals surface area contributed by atoms with E-state index in [-0.39, 0.29) is 16.4 Å². The van der Waals surface area contributed by atoms with Gasteiger partial charge in [-0.1, -0.05) is 19.1 Å². The molecule has 5 rings (SSSR count). The molecule has 1 amide bonds. The largest absolute Gasteiger partial charge is 0.436 e.